The summed E-state index contributed by atoms with van der Waals surface area (Å²) in [7, 11) is 1.80. The Morgan fingerprint density at radius 3 is 2.55 bits per heavy atom. The van der Waals surface area contributed by atoms with Gasteiger partial charge in [0.15, 0.2) is 0 Å². The summed E-state index contributed by atoms with van der Waals surface area (Å²) < 4.78 is 39.8. The van der Waals surface area contributed by atoms with Crippen molar-refractivity contribution in [1.82, 2.24) is 9.78 Å². The van der Waals surface area contributed by atoms with Gasteiger partial charge in [-0.15, -0.1) is 0 Å². The highest BCUT2D eigenvalue weighted by molar-refractivity contribution is 9.10. The highest BCUT2D eigenvalue weighted by Crippen LogP contribution is 2.35. The van der Waals surface area contributed by atoms with Crippen molar-refractivity contribution in [1.29, 1.82) is 0 Å². The molecule has 0 aliphatic carbocycles. The van der Waals surface area contributed by atoms with Gasteiger partial charge in [-0.25, -0.2) is 0 Å². The van der Waals surface area contributed by atoms with Crippen molar-refractivity contribution in [2.24, 2.45) is 7.05 Å². The van der Waals surface area contributed by atoms with Crippen LogP contribution < -0.4 is 5.32 Å². The molecular weight excluding hydrogens is 335 g/mol. The molecule has 0 aliphatic heterocycles. The molecule has 0 unspecified atom stereocenters. The zero-order valence-electron chi connectivity index (χ0n) is 10.9. The van der Waals surface area contributed by atoms with Crippen LogP contribution in [0.3, 0.4) is 0 Å². The summed E-state index contributed by atoms with van der Waals surface area (Å²) in [5.74, 6) is 0. The Morgan fingerprint density at radius 1 is 1.30 bits per heavy atom. The molecule has 3 nitrogen and oxygen atoms in total. The Morgan fingerprint density at radius 2 is 2.00 bits per heavy atom. The summed E-state index contributed by atoms with van der Waals surface area (Å²) in [6.07, 6.45) is -1.81. The van der Waals surface area contributed by atoms with Gasteiger partial charge in [0.25, 0.3) is 0 Å². The van der Waals surface area contributed by atoms with Crippen molar-refractivity contribution in [2.45, 2.75) is 19.5 Å². The number of aromatic nitrogens is 2. The van der Waals surface area contributed by atoms with E-state index in [1.807, 2.05) is 6.92 Å². The SMILES string of the molecule is CCc1nn(C)cc1Nc1ccc(C(F)(F)F)cc1Br. The molecule has 0 spiro atoms. The highest BCUT2D eigenvalue weighted by Gasteiger charge is 2.30. The molecule has 0 bridgehead atoms. The van der Waals surface area contributed by atoms with Crippen molar-refractivity contribution in [3.63, 3.8) is 0 Å². The molecule has 108 valence electrons. The minimum absolute atomic E-state index is 0.359. The van der Waals surface area contributed by atoms with Crippen LogP contribution in [0.4, 0.5) is 24.5 Å². The van der Waals surface area contributed by atoms with Crippen molar-refractivity contribution in [2.75, 3.05) is 5.32 Å². The molecule has 7 heteroatoms. The van der Waals surface area contributed by atoms with Crippen molar-refractivity contribution in [3.05, 3.63) is 40.1 Å². The van der Waals surface area contributed by atoms with Crippen LogP contribution in [0.1, 0.15) is 18.2 Å². The molecule has 0 fully saturated rings. The van der Waals surface area contributed by atoms with Crippen LogP contribution in [0.2, 0.25) is 0 Å². The number of alkyl halides is 3. The number of hydrogen-bond acceptors (Lipinski definition) is 2. The first kappa shape index (κ1) is 14.9. The maximum Gasteiger partial charge on any atom is 0.416 e. The molecule has 0 atom stereocenters. The third-order valence-corrected chi connectivity index (χ3v) is 3.46. The molecule has 20 heavy (non-hydrogen) atoms. The maximum absolute atomic E-state index is 12.6. The summed E-state index contributed by atoms with van der Waals surface area (Å²) in [6, 6.07) is 3.51. The van der Waals surface area contributed by atoms with Crippen LogP contribution in [0.15, 0.2) is 28.9 Å². The van der Waals surface area contributed by atoms with Crippen molar-refractivity contribution >= 4 is 27.3 Å². The second-order valence-corrected chi connectivity index (χ2v) is 5.19. The fourth-order valence-electron chi connectivity index (χ4n) is 1.84. The van der Waals surface area contributed by atoms with Gasteiger partial charge in [0.1, 0.15) is 0 Å². The molecule has 2 aromatic rings. The Hall–Kier alpha value is -1.50. The minimum Gasteiger partial charge on any atom is -0.352 e. The first-order valence-corrected chi connectivity index (χ1v) is 6.77. The summed E-state index contributed by atoms with van der Waals surface area (Å²) >= 11 is 3.16. The van der Waals surface area contributed by atoms with E-state index in [1.54, 1.807) is 17.9 Å². The smallest absolute Gasteiger partial charge is 0.352 e. The third-order valence-electron chi connectivity index (χ3n) is 2.81. The number of aryl methyl sites for hydroxylation is 2. The zero-order valence-corrected chi connectivity index (χ0v) is 12.5. The average Bonchev–Trinajstić information content (AvgIpc) is 2.70. The van der Waals surface area contributed by atoms with Crippen LogP contribution in [-0.4, -0.2) is 9.78 Å². The Balaban J connectivity index is 2.30. The van der Waals surface area contributed by atoms with Crippen LogP contribution >= 0.6 is 15.9 Å². The summed E-state index contributed by atoms with van der Waals surface area (Å²) in [5.41, 5.74) is 1.53. The number of nitrogens with zero attached hydrogens (tertiary/aromatic N) is 2. The zero-order chi connectivity index (χ0) is 14.9. The quantitative estimate of drug-likeness (QED) is 0.885. The van der Waals surface area contributed by atoms with Crippen LogP contribution in [0.25, 0.3) is 0 Å². The van der Waals surface area contributed by atoms with E-state index in [0.29, 0.717) is 10.2 Å². The number of nitrogens with one attached hydrogen (secondary N) is 1. The second-order valence-electron chi connectivity index (χ2n) is 4.33. The van der Waals surface area contributed by atoms with Gasteiger partial charge >= 0.3 is 6.18 Å². The Labute approximate surface area is 122 Å². The topological polar surface area (TPSA) is 29.9 Å². The Bertz CT molecular complexity index is 620. The van der Waals surface area contributed by atoms with Gasteiger partial charge in [0, 0.05) is 17.7 Å². The van der Waals surface area contributed by atoms with Gasteiger partial charge in [-0.3, -0.25) is 4.68 Å². The lowest BCUT2D eigenvalue weighted by Gasteiger charge is -2.11. The van der Waals surface area contributed by atoms with Crippen LogP contribution in [-0.2, 0) is 19.6 Å². The van der Waals surface area contributed by atoms with Crippen LogP contribution in [0, 0.1) is 0 Å². The monoisotopic (exact) mass is 347 g/mol. The van der Waals surface area contributed by atoms with Gasteiger partial charge in [-0.1, -0.05) is 6.92 Å². The molecular formula is C13H13BrF3N3. The molecule has 0 aliphatic rings. The normalized spacial score (nSPS) is 11.7. The number of benzene rings is 1. The fourth-order valence-corrected chi connectivity index (χ4v) is 2.32. The van der Waals surface area contributed by atoms with Crippen LogP contribution in [0.5, 0.6) is 0 Å². The molecule has 1 aromatic heterocycles. The van der Waals surface area contributed by atoms with Gasteiger partial charge in [-0.05, 0) is 40.5 Å². The number of hydrogen-bond donors (Lipinski definition) is 1. The van der Waals surface area contributed by atoms with E-state index in [2.05, 4.69) is 26.3 Å². The van der Waals surface area contributed by atoms with E-state index in [9.17, 15) is 13.2 Å². The van der Waals surface area contributed by atoms with E-state index in [4.69, 9.17) is 0 Å². The third kappa shape index (κ3) is 3.15. The minimum atomic E-state index is -4.34. The van der Waals surface area contributed by atoms with E-state index in [-0.39, 0.29) is 0 Å². The lowest BCUT2D eigenvalue weighted by Crippen LogP contribution is -2.05. The molecule has 1 aromatic carbocycles. The van der Waals surface area contributed by atoms with Gasteiger partial charge in [-0.2, -0.15) is 18.3 Å². The van der Waals surface area contributed by atoms with Gasteiger partial charge in [0.2, 0.25) is 0 Å². The first-order valence-electron chi connectivity index (χ1n) is 5.97. The molecule has 0 saturated heterocycles. The average molecular weight is 348 g/mol. The molecule has 0 radical (unpaired) electrons. The van der Waals surface area contributed by atoms with E-state index in [1.165, 1.54) is 6.07 Å². The van der Waals surface area contributed by atoms with Crippen molar-refractivity contribution in [3.8, 4) is 0 Å². The summed E-state index contributed by atoms with van der Waals surface area (Å²) in [5, 5.41) is 7.36. The second kappa shape index (κ2) is 5.47. The predicted octanol–water partition coefficient (Wildman–Crippen LogP) is 4.51. The van der Waals surface area contributed by atoms with Crippen molar-refractivity contribution < 1.29 is 13.2 Å². The highest BCUT2D eigenvalue weighted by atomic mass is 79.9. The van der Waals surface area contributed by atoms with E-state index >= 15 is 0 Å². The fraction of sp³-hybridized carbons (Fsp3) is 0.308. The van der Waals surface area contributed by atoms with Gasteiger partial charge in [0.05, 0.1) is 22.6 Å². The number of anilines is 2. The molecule has 0 saturated carbocycles. The summed E-state index contributed by atoms with van der Waals surface area (Å²) in [4.78, 5) is 0. The standard InChI is InChI=1S/C13H13BrF3N3/c1-3-10-12(7-20(2)19-10)18-11-5-4-8(6-9(11)14)13(15,16)17/h4-7,18H,3H2,1-2H3. The van der Waals surface area contributed by atoms with E-state index in [0.717, 1.165) is 29.9 Å². The largest absolute Gasteiger partial charge is 0.416 e. The lowest BCUT2D eigenvalue weighted by atomic mass is 10.2. The maximum atomic E-state index is 12.6. The molecule has 0 amide bonds. The molecule has 1 N–H and O–H groups in total. The van der Waals surface area contributed by atoms with E-state index < -0.39 is 11.7 Å². The molecule has 2 rings (SSSR count). The molecule has 1 heterocycles. The lowest BCUT2D eigenvalue weighted by molar-refractivity contribution is -0.137. The number of rotatable bonds is 3. The Kier molecular flexibility index (Phi) is 4.08. The summed E-state index contributed by atoms with van der Waals surface area (Å²) in [6.45, 7) is 1.97. The first-order chi connectivity index (χ1) is 9.31. The number of halogens is 4. The van der Waals surface area contributed by atoms with Gasteiger partial charge < -0.3 is 5.32 Å². The predicted molar refractivity (Wildman–Crippen MR) is 75.0 cm³/mol.